The number of hydrogen-bond donors (Lipinski definition) is 1. The van der Waals surface area contributed by atoms with Gasteiger partial charge in [-0.3, -0.25) is 4.90 Å². The molecule has 0 spiro atoms. The van der Waals surface area contributed by atoms with E-state index in [4.69, 9.17) is 10.5 Å². The molecule has 2 aromatic rings. The molecule has 2 rings (SSSR count). The number of aryl methyl sites for hydroxylation is 1. The number of nitrogens with zero attached hydrogens (tertiary/aromatic N) is 2. The zero-order chi connectivity index (χ0) is 15.1. The standard InChI is InChI=1S/C17H25N3O/c1-3-4-8-15-12-14-7-5-6-9-16(14)17(19-15)21-11-10-20(2)13-18/h5-7,9,12H,3-4,8,10-11,13,18H2,1-2H3. The molecule has 0 radical (unpaired) electrons. The Labute approximate surface area is 126 Å². The fourth-order valence-corrected chi connectivity index (χ4v) is 2.21. The molecule has 0 aliphatic heterocycles. The number of ether oxygens (including phenoxy) is 1. The Morgan fingerprint density at radius 1 is 1.29 bits per heavy atom. The summed E-state index contributed by atoms with van der Waals surface area (Å²) in [6, 6.07) is 10.4. The summed E-state index contributed by atoms with van der Waals surface area (Å²) in [5.41, 5.74) is 6.68. The smallest absolute Gasteiger partial charge is 0.221 e. The van der Waals surface area contributed by atoms with Gasteiger partial charge in [0.15, 0.2) is 0 Å². The minimum Gasteiger partial charge on any atom is -0.476 e. The fourth-order valence-electron chi connectivity index (χ4n) is 2.21. The molecule has 0 unspecified atom stereocenters. The van der Waals surface area contributed by atoms with Crippen molar-refractivity contribution in [1.29, 1.82) is 0 Å². The second-order valence-corrected chi connectivity index (χ2v) is 5.35. The Balaban J connectivity index is 2.18. The molecule has 0 saturated heterocycles. The molecule has 1 aromatic carbocycles. The summed E-state index contributed by atoms with van der Waals surface area (Å²) >= 11 is 0. The first-order chi connectivity index (χ1) is 10.2. The molecular formula is C17H25N3O. The third-order valence-corrected chi connectivity index (χ3v) is 3.57. The van der Waals surface area contributed by atoms with Crippen molar-refractivity contribution in [3.05, 3.63) is 36.0 Å². The van der Waals surface area contributed by atoms with E-state index in [0.717, 1.165) is 36.3 Å². The van der Waals surface area contributed by atoms with Crippen LogP contribution in [0.3, 0.4) is 0 Å². The first-order valence-electron chi connectivity index (χ1n) is 7.64. The van der Waals surface area contributed by atoms with Gasteiger partial charge in [0.05, 0.1) is 0 Å². The van der Waals surface area contributed by atoms with E-state index >= 15 is 0 Å². The average Bonchev–Trinajstić information content (AvgIpc) is 2.52. The maximum absolute atomic E-state index is 5.90. The number of benzene rings is 1. The molecule has 1 aromatic heterocycles. The normalized spacial score (nSPS) is 11.2. The minimum atomic E-state index is 0.536. The highest BCUT2D eigenvalue weighted by Crippen LogP contribution is 2.25. The highest BCUT2D eigenvalue weighted by atomic mass is 16.5. The number of hydrogen-bond acceptors (Lipinski definition) is 4. The lowest BCUT2D eigenvalue weighted by Crippen LogP contribution is -2.29. The van der Waals surface area contributed by atoms with Crippen LogP contribution >= 0.6 is 0 Å². The van der Waals surface area contributed by atoms with Crippen LogP contribution in [0.4, 0.5) is 0 Å². The number of pyridine rings is 1. The van der Waals surface area contributed by atoms with Crippen molar-refractivity contribution in [3.63, 3.8) is 0 Å². The first-order valence-corrected chi connectivity index (χ1v) is 7.64. The van der Waals surface area contributed by atoms with Gasteiger partial charge in [-0.25, -0.2) is 4.98 Å². The Bertz CT molecular complexity index is 571. The zero-order valence-corrected chi connectivity index (χ0v) is 13.0. The van der Waals surface area contributed by atoms with E-state index < -0.39 is 0 Å². The molecule has 2 N–H and O–H groups in total. The van der Waals surface area contributed by atoms with Crippen molar-refractivity contribution in [3.8, 4) is 5.88 Å². The van der Waals surface area contributed by atoms with E-state index in [2.05, 4.69) is 36.2 Å². The molecular weight excluding hydrogens is 262 g/mol. The van der Waals surface area contributed by atoms with Gasteiger partial charge in [-0.15, -0.1) is 0 Å². The number of nitrogens with two attached hydrogens (primary N) is 1. The molecule has 1 heterocycles. The highest BCUT2D eigenvalue weighted by Gasteiger charge is 2.07. The summed E-state index contributed by atoms with van der Waals surface area (Å²) in [6.07, 6.45) is 3.33. The molecule has 4 nitrogen and oxygen atoms in total. The molecule has 4 heteroatoms. The van der Waals surface area contributed by atoms with Crippen LogP contribution in [0.25, 0.3) is 10.8 Å². The molecule has 0 aliphatic rings. The van der Waals surface area contributed by atoms with Crippen molar-refractivity contribution in [2.75, 3.05) is 26.9 Å². The van der Waals surface area contributed by atoms with Gasteiger partial charge in [0.1, 0.15) is 6.61 Å². The van der Waals surface area contributed by atoms with E-state index in [1.54, 1.807) is 0 Å². The van der Waals surface area contributed by atoms with E-state index in [9.17, 15) is 0 Å². The van der Waals surface area contributed by atoms with E-state index in [1.165, 1.54) is 11.8 Å². The van der Waals surface area contributed by atoms with Crippen LogP contribution in [0.15, 0.2) is 30.3 Å². The van der Waals surface area contributed by atoms with Crippen LogP contribution in [0, 0.1) is 0 Å². The minimum absolute atomic E-state index is 0.536. The van der Waals surface area contributed by atoms with Crippen LogP contribution in [-0.2, 0) is 6.42 Å². The third-order valence-electron chi connectivity index (χ3n) is 3.57. The highest BCUT2D eigenvalue weighted by molar-refractivity contribution is 5.87. The number of likely N-dealkylation sites (N-methyl/N-ethyl adjacent to an activating group) is 1. The fraction of sp³-hybridized carbons (Fsp3) is 0.471. The van der Waals surface area contributed by atoms with Crippen LogP contribution in [0.2, 0.25) is 0 Å². The van der Waals surface area contributed by atoms with Gasteiger partial charge < -0.3 is 10.5 Å². The Kier molecular flexibility index (Phi) is 5.96. The summed E-state index contributed by atoms with van der Waals surface area (Å²) in [5, 5.41) is 2.27. The second kappa shape index (κ2) is 7.96. The summed E-state index contributed by atoms with van der Waals surface area (Å²) < 4.78 is 5.90. The summed E-state index contributed by atoms with van der Waals surface area (Å²) in [5.74, 6) is 0.740. The SMILES string of the molecule is CCCCc1cc2ccccc2c(OCCN(C)CN)n1. The average molecular weight is 287 g/mol. The Hall–Kier alpha value is -1.65. The van der Waals surface area contributed by atoms with E-state index in [0.29, 0.717) is 13.3 Å². The van der Waals surface area contributed by atoms with Gasteiger partial charge in [0, 0.05) is 24.3 Å². The van der Waals surface area contributed by atoms with Gasteiger partial charge in [0.2, 0.25) is 5.88 Å². The van der Waals surface area contributed by atoms with Crippen molar-refractivity contribution in [2.24, 2.45) is 5.73 Å². The van der Waals surface area contributed by atoms with E-state index in [1.807, 2.05) is 18.0 Å². The van der Waals surface area contributed by atoms with Crippen LogP contribution in [-0.4, -0.2) is 36.8 Å². The van der Waals surface area contributed by atoms with Gasteiger partial charge in [0.25, 0.3) is 0 Å². The van der Waals surface area contributed by atoms with Crippen molar-refractivity contribution >= 4 is 10.8 Å². The summed E-state index contributed by atoms with van der Waals surface area (Å²) in [4.78, 5) is 6.71. The van der Waals surface area contributed by atoms with Gasteiger partial charge in [-0.05, 0) is 37.4 Å². The molecule has 0 aliphatic carbocycles. The topological polar surface area (TPSA) is 51.4 Å². The number of rotatable bonds is 8. The van der Waals surface area contributed by atoms with Gasteiger partial charge >= 0.3 is 0 Å². The monoisotopic (exact) mass is 287 g/mol. The maximum Gasteiger partial charge on any atom is 0.221 e. The van der Waals surface area contributed by atoms with Crippen molar-refractivity contribution < 1.29 is 4.74 Å². The molecule has 21 heavy (non-hydrogen) atoms. The molecule has 0 atom stereocenters. The van der Waals surface area contributed by atoms with Crippen LogP contribution < -0.4 is 10.5 Å². The quantitative estimate of drug-likeness (QED) is 0.759. The first kappa shape index (κ1) is 15.7. The molecule has 0 fully saturated rings. The zero-order valence-electron chi connectivity index (χ0n) is 13.0. The Morgan fingerprint density at radius 3 is 2.86 bits per heavy atom. The largest absolute Gasteiger partial charge is 0.476 e. The lowest BCUT2D eigenvalue weighted by molar-refractivity contribution is 0.236. The van der Waals surface area contributed by atoms with E-state index in [-0.39, 0.29) is 0 Å². The second-order valence-electron chi connectivity index (χ2n) is 5.35. The van der Waals surface area contributed by atoms with Crippen LogP contribution in [0.5, 0.6) is 5.88 Å². The summed E-state index contributed by atoms with van der Waals surface area (Å²) in [6.45, 7) is 4.13. The molecule has 0 amide bonds. The van der Waals surface area contributed by atoms with Crippen molar-refractivity contribution in [1.82, 2.24) is 9.88 Å². The molecule has 0 saturated carbocycles. The number of unbranched alkanes of at least 4 members (excludes halogenated alkanes) is 1. The predicted octanol–water partition coefficient (Wildman–Crippen LogP) is 2.80. The Morgan fingerprint density at radius 2 is 2.10 bits per heavy atom. The van der Waals surface area contributed by atoms with Gasteiger partial charge in [-0.2, -0.15) is 0 Å². The number of fused-ring (bicyclic) bond motifs is 1. The number of aromatic nitrogens is 1. The third kappa shape index (κ3) is 4.41. The lowest BCUT2D eigenvalue weighted by atomic mass is 10.1. The van der Waals surface area contributed by atoms with Crippen molar-refractivity contribution in [2.45, 2.75) is 26.2 Å². The molecule has 114 valence electrons. The lowest BCUT2D eigenvalue weighted by Gasteiger charge is -2.15. The maximum atomic E-state index is 5.90. The predicted molar refractivity (Wildman–Crippen MR) is 87.5 cm³/mol. The van der Waals surface area contributed by atoms with Crippen LogP contribution in [0.1, 0.15) is 25.5 Å². The van der Waals surface area contributed by atoms with Gasteiger partial charge in [-0.1, -0.05) is 31.5 Å². The summed E-state index contributed by atoms with van der Waals surface area (Å²) in [7, 11) is 1.98. The molecule has 0 bridgehead atoms.